The summed E-state index contributed by atoms with van der Waals surface area (Å²) >= 11 is 0. The van der Waals surface area contributed by atoms with Gasteiger partial charge in [-0.3, -0.25) is 14.7 Å². The zero-order valence-corrected chi connectivity index (χ0v) is 16.8. The van der Waals surface area contributed by atoms with Gasteiger partial charge in [0.25, 0.3) is 0 Å². The Balaban J connectivity index is 1.28. The SMILES string of the molecule is CN1CCN(C(=O)CCNC(=O)NC2CCN(Cc3ccncc3)CC2)CC1. The van der Waals surface area contributed by atoms with E-state index < -0.39 is 0 Å². The van der Waals surface area contributed by atoms with Crippen molar-refractivity contribution < 1.29 is 9.59 Å². The third kappa shape index (κ3) is 6.45. The molecule has 28 heavy (non-hydrogen) atoms. The number of aromatic nitrogens is 1. The van der Waals surface area contributed by atoms with Crippen LogP contribution in [0.2, 0.25) is 0 Å². The van der Waals surface area contributed by atoms with Gasteiger partial charge in [0.15, 0.2) is 0 Å². The Bertz CT molecular complexity index is 625. The van der Waals surface area contributed by atoms with Crippen LogP contribution in [0.4, 0.5) is 4.79 Å². The number of likely N-dealkylation sites (tertiary alicyclic amines) is 1. The summed E-state index contributed by atoms with van der Waals surface area (Å²) < 4.78 is 0. The number of piperazine rings is 1. The molecule has 3 heterocycles. The van der Waals surface area contributed by atoms with Gasteiger partial charge < -0.3 is 20.4 Å². The molecule has 2 fully saturated rings. The smallest absolute Gasteiger partial charge is 0.315 e. The number of carbonyl (C=O) groups is 2. The molecule has 2 N–H and O–H groups in total. The van der Waals surface area contributed by atoms with Crippen molar-refractivity contribution in [3.8, 4) is 0 Å². The number of nitrogens with zero attached hydrogens (tertiary/aromatic N) is 4. The topological polar surface area (TPSA) is 80.8 Å². The first kappa shape index (κ1) is 20.5. The molecule has 0 unspecified atom stereocenters. The van der Waals surface area contributed by atoms with Crippen LogP contribution in [0.3, 0.4) is 0 Å². The van der Waals surface area contributed by atoms with E-state index in [1.54, 1.807) is 0 Å². The maximum absolute atomic E-state index is 12.2. The molecule has 1 aromatic rings. The summed E-state index contributed by atoms with van der Waals surface area (Å²) in [7, 11) is 2.07. The highest BCUT2D eigenvalue weighted by atomic mass is 16.2. The molecule has 3 amide bonds. The molecule has 2 aliphatic heterocycles. The van der Waals surface area contributed by atoms with Gasteiger partial charge in [-0.2, -0.15) is 0 Å². The van der Waals surface area contributed by atoms with Gasteiger partial charge in [0.1, 0.15) is 0 Å². The van der Waals surface area contributed by atoms with Crippen molar-refractivity contribution in [3.63, 3.8) is 0 Å². The van der Waals surface area contributed by atoms with Gasteiger partial charge in [0.2, 0.25) is 5.91 Å². The van der Waals surface area contributed by atoms with E-state index in [0.29, 0.717) is 13.0 Å². The molecule has 8 heteroatoms. The minimum absolute atomic E-state index is 0.123. The first-order chi connectivity index (χ1) is 13.6. The number of piperidine rings is 1. The lowest BCUT2D eigenvalue weighted by Crippen LogP contribution is -2.49. The molecule has 8 nitrogen and oxygen atoms in total. The molecule has 1 aromatic heterocycles. The number of likely N-dealkylation sites (N-methyl/N-ethyl adjacent to an activating group) is 1. The van der Waals surface area contributed by atoms with Gasteiger partial charge in [-0.05, 0) is 37.6 Å². The summed E-state index contributed by atoms with van der Waals surface area (Å²) in [6, 6.07) is 4.11. The highest BCUT2D eigenvalue weighted by molar-refractivity contribution is 5.78. The Kier molecular flexibility index (Phi) is 7.62. The van der Waals surface area contributed by atoms with Crippen molar-refractivity contribution in [2.45, 2.75) is 31.8 Å². The number of rotatable bonds is 6. The number of pyridine rings is 1. The Morgan fingerprint density at radius 2 is 1.75 bits per heavy atom. The summed E-state index contributed by atoms with van der Waals surface area (Å²) in [5.74, 6) is 0.123. The van der Waals surface area contributed by atoms with Crippen LogP contribution in [0.25, 0.3) is 0 Å². The van der Waals surface area contributed by atoms with E-state index in [4.69, 9.17) is 0 Å². The van der Waals surface area contributed by atoms with Crippen molar-refractivity contribution in [1.82, 2.24) is 30.3 Å². The van der Waals surface area contributed by atoms with Crippen molar-refractivity contribution in [2.75, 3.05) is 52.9 Å². The van der Waals surface area contributed by atoms with E-state index in [1.807, 2.05) is 29.4 Å². The highest BCUT2D eigenvalue weighted by Gasteiger charge is 2.21. The maximum atomic E-state index is 12.2. The van der Waals surface area contributed by atoms with Crippen molar-refractivity contribution in [2.24, 2.45) is 0 Å². The largest absolute Gasteiger partial charge is 0.340 e. The number of carbonyl (C=O) groups excluding carboxylic acids is 2. The monoisotopic (exact) mass is 388 g/mol. The third-order valence-corrected chi connectivity index (χ3v) is 5.56. The molecule has 2 aliphatic rings. The lowest BCUT2D eigenvalue weighted by atomic mass is 10.0. The lowest BCUT2D eigenvalue weighted by Gasteiger charge is -2.33. The fraction of sp³-hybridized carbons (Fsp3) is 0.650. The first-order valence-corrected chi connectivity index (χ1v) is 10.2. The van der Waals surface area contributed by atoms with Crippen LogP contribution in [0, 0.1) is 0 Å². The molecule has 2 saturated heterocycles. The summed E-state index contributed by atoms with van der Waals surface area (Å²) in [6.45, 7) is 6.64. The fourth-order valence-electron chi connectivity index (χ4n) is 3.72. The molecular weight excluding hydrogens is 356 g/mol. The summed E-state index contributed by atoms with van der Waals surface area (Å²) in [5.41, 5.74) is 1.27. The average molecular weight is 389 g/mol. The molecular formula is C20H32N6O2. The second-order valence-electron chi connectivity index (χ2n) is 7.74. The van der Waals surface area contributed by atoms with Crippen LogP contribution in [0.15, 0.2) is 24.5 Å². The summed E-state index contributed by atoms with van der Waals surface area (Å²) in [6.07, 6.45) is 5.89. The van der Waals surface area contributed by atoms with E-state index in [1.165, 1.54) is 5.56 Å². The molecule has 0 bridgehead atoms. The van der Waals surface area contributed by atoms with E-state index >= 15 is 0 Å². The Labute approximate surface area is 167 Å². The molecule has 0 aromatic carbocycles. The van der Waals surface area contributed by atoms with Crippen LogP contribution in [0.5, 0.6) is 0 Å². The van der Waals surface area contributed by atoms with Gasteiger partial charge in [-0.25, -0.2) is 4.79 Å². The number of hydrogen-bond donors (Lipinski definition) is 2. The van der Waals surface area contributed by atoms with E-state index in [2.05, 4.69) is 32.5 Å². The predicted octanol–water partition coefficient (Wildman–Crippen LogP) is 0.509. The molecule has 0 saturated carbocycles. The molecule has 0 aliphatic carbocycles. The first-order valence-electron chi connectivity index (χ1n) is 10.2. The predicted molar refractivity (Wildman–Crippen MR) is 108 cm³/mol. The van der Waals surface area contributed by atoms with Crippen LogP contribution < -0.4 is 10.6 Å². The Morgan fingerprint density at radius 3 is 2.43 bits per heavy atom. The van der Waals surface area contributed by atoms with Crippen molar-refractivity contribution in [3.05, 3.63) is 30.1 Å². The summed E-state index contributed by atoms with van der Waals surface area (Å²) in [5, 5.41) is 5.88. The van der Waals surface area contributed by atoms with Gasteiger partial charge in [-0.15, -0.1) is 0 Å². The van der Waals surface area contributed by atoms with Crippen molar-refractivity contribution >= 4 is 11.9 Å². The van der Waals surface area contributed by atoms with Crippen molar-refractivity contribution in [1.29, 1.82) is 0 Å². The maximum Gasteiger partial charge on any atom is 0.315 e. The number of urea groups is 1. The van der Waals surface area contributed by atoms with Gasteiger partial charge in [0, 0.05) is 77.2 Å². The van der Waals surface area contributed by atoms with Gasteiger partial charge in [0.05, 0.1) is 0 Å². The number of amides is 3. The minimum Gasteiger partial charge on any atom is -0.340 e. The molecule has 154 valence electrons. The highest BCUT2D eigenvalue weighted by Crippen LogP contribution is 2.13. The lowest BCUT2D eigenvalue weighted by molar-refractivity contribution is -0.132. The van der Waals surface area contributed by atoms with Crippen LogP contribution in [0.1, 0.15) is 24.8 Å². The average Bonchev–Trinajstić information content (AvgIpc) is 2.71. The molecule has 0 radical (unpaired) electrons. The van der Waals surface area contributed by atoms with E-state index in [9.17, 15) is 9.59 Å². The second-order valence-corrected chi connectivity index (χ2v) is 7.74. The normalized spacial score (nSPS) is 19.4. The van der Waals surface area contributed by atoms with Crippen LogP contribution >= 0.6 is 0 Å². The summed E-state index contributed by atoms with van der Waals surface area (Å²) in [4.78, 5) is 34.9. The van der Waals surface area contributed by atoms with E-state index in [0.717, 1.165) is 58.7 Å². The van der Waals surface area contributed by atoms with Crippen LogP contribution in [-0.2, 0) is 11.3 Å². The standard InChI is InChI=1S/C20H32N6O2/c1-24-12-14-26(15-13-24)19(27)4-9-22-20(28)23-18-5-10-25(11-6-18)16-17-2-7-21-8-3-17/h2-3,7-8,18H,4-6,9-16H2,1H3,(H2,22,23,28). The zero-order valence-electron chi connectivity index (χ0n) is 16.8. The molecule has 3 rings (SSSR count). The second kappa shape index (κ2) is 10.4. The van der Waals surface area contributed by atoms with E-state index in [-0.39, 0.29) is 18.0 Å². The Hall–Kier alpha value is -2.19. The van der Waals surface area contributed by atoms with Gasteiger partial charge >= 0.3 is 6.03 Å². The fourth-order valence-corrected chi connectivity index (χ4v) is 3.72. The third-order valence-electron chi connectivity index (χ3n) is 5.56. The molecule has 0 spiro atoms. The van der Waals surface area contributed by atoms with Gasteiger partial charge in [-0.1, -0.05) is 0 Å². The van der Waals surface area contributed by atoms with Crippen LogP contribution in [-0.4, -0.2) is 90.5 Å². The number of hydrogen-bond acceptors (Lipinski definition) is 5. The quantitative estimate of drug-likeness (QED) is 0.742. The zero-order chi connectivity index (χ0) is 19.8. The minimum atomic E-state index is -0.168. The molecule has 0 atom stereocenters. The number of nitrogens with one attached hydrogen (secondary N) is 2. The Morgan fingerprint density at radius 1 is 1.07 bits per heavy atom.